The summed E-state index contributed by atoms with van der Waals surface area (Å²) in [5.74, 6) is -1.08. The summed E-state index contributed by atoms with van der Waals surface area (Å²) in [7, 11) is 0. The van der Waals surface area contributed by atoms with Crippen molar-refractivity contribution in [3.63, 3.8) is 0 Å². The Morgan fingerprint density at radius 3 is 2.71 bits per heavy atom. The first-order valence-corrected chi connectivity index (χ1v) is 6.47. The molecule has 0 fully saturated rings. The first kappa shape index (κ1) is 14.0. The van der Waals surface area contributed by atoms with E-state index in [1.54, 1.807) is 12.1 Å². The fraction of sp³-hybridized carbons (Fsp3) is 0.455. The van der Waals surface area contributed by atoms with Crippen LogP contribution in [-0.4, -0.2) is 23.5 Å². The van der Waals surface area contributed by atoms with E-state index in [1.165, 1.54) is 11.3 Å². The van der Waals surface area contributed by atoms with Crippen LogP contribution in [0.3, 0.4) is 0 Å². The Bertz CT molecular complexity index is 405. The maximum Gasteiger partial charge on any atom is 0.303 e. The second kappa shape index (κ2) is 6.61. The van der Waals surface area contributed by atoms with E-state index < -0.39 is 5.97 Å². The van der Waals surface area contributed by atoms with E-state index in [9.17, 15) is 9.59 Å². The lowest BCUT2D eigenvalue weighted by molar-refractivity contribution is -0.138. The highest BCUT2D eigenvalue weighted by Crippen LogP contribution is 2.21. The number of aliphatic carboxylic acids is 1. The van der Waals surface area contributed by atoms with Crippen LogP contribution in [0.5, 0.6) is 0 Å². The van der Waals surface area contributed by atoms with Crippen LogP contribution < -0.4 is 5.32 Å². The average molecular weight is 276 g/mol. The van der Waals surface area contributed by atoms with Gasteiger partial charge in [0.05, 0.1) is 9.21 Å². The summed E-state index contributed by atoms with van der Waals surface area (Å²) in [6.07, 6.45) is 0.791. The minimum absolute atomic E-state index is 0.0353. The van der Waals surface area contributed by atoms with E-state index in [0.29, 0.717) is 15.8 Å². The standard InChI is InChI=1S/C11H14ClNO3S/c1-2-7(5-10(14)15)6-13-11(16)8-3-4-9(12)17-8/h3-4,7H,2,5-6H2,1H3,(H,13,16)(H,14,15). The number of hydrogen-bond donors (Lipinski definition) is 2. The van der Waals surface area contributed by atoms with Gasteiger partial charge in [-0.15, -0.1) is 11.3 Å². The van der Waals surface area contributed by atoms with Crippen LogP contribution in [0.4, 0.5) is 0 Å². The van der Waals surface area contributed by atoms with Crippen molar-refractivity contribution in [2.24, 2.45) is 5.92 Å². The molecule has 1 aromatic rings. The molecule has 6 heteroatoms. The van der Waals surface area contributed by atoms with Gasteiger partial charge in [0.2, 0.25) is 0 Å². The lowest BCUT2D eigenvalue weighted by Crippen LogP contribution is -2.29. The lowest BCUT2D eigenvalue weighted by Gasteiger charge is -2.12. The van der Waals surface area contributed by atoms with Gasteiger partial charge >= 0.3 is 5.97 Å². The van der Waals surface area contributed by atoms with Crippen molar-refractivity contribution in [1.82, 2.24) is 5.32 Å². The zero-order valence-electron chi connectivity index (χ0n) is 9.40. The van der Waals surface area contributed by atoms with Gasteiger partial charge in [-0.05, 0) is 18.1 Å². The van der Waals surface area contributed by atoms with Crippen molar-refractivity contribution >= 4 is 34.8 Å². The van der Waals surface area contributed by atoms with Crippen LogP contribution in [-0.2, 0) is 4.79 Å². The van der Waals surface area contributed by atoms with Gasteiger partial charge < -0.3 is 10.4 Å². The molecule has 1 heterocycles. The molecule has 0 bridgehead atoms. The Labute approximate surface area is 109 Å². The third-order valence-electron chi connectivity index (χ3n) is 2.39. The van der Waals surface area contributed by atoms with Crippen LogP contribution in [0.25, 0.3) is 0 Å². The van der Waals surface area contributed by atoms with Gasteiger partial charge in [0.25, 0.3) is 5.91 Å². The van der Waals surface area contributed by atoms with Crippen LogP contribution in [0.2, 0.25) is 4.34 Å². The van der Waals surface area contributed by atoms with E-state index in [4.69, 9.17) is 16.7 Å². The number of thiophene rings is 1. The van der Waals surface area contributed by atoms with Gasteiger partial charge in [-0.2, -0.15) is 0 Å². The number of halogens is 1. The third kappa shape index (κ3) is 4.75. The summed E-state index contributed by atoms with van der Waals surface area (Å²) in [5.41, 5.74) is 0. The first-order valence-electron chi connectivity index (χ1n) is 5.28. The van der Waals surface area contributed by atoms with E-state index in [0.717, 1.165) is 6.42 Å². The summed E-state index contributed by atoms with van der Waals surface area (Å²) in [6, 6.07) is 3.32. The van der Waals surface area contributed by atoms with Crippen LogP contribution in [0.1, 0.15) is 29.4 Å². The monoisotopic (exact) mass is 275 g/mol. The topological polar surface area (TPSA) is 66.4 Å². The Kier molecular flexibility index (Phi) is 5.44. The minimum Gasteiger partial charge on any atom is -0.481 e. The zero-order valence-corrected chi connectivity index (χ0v) is 11.0. The fourth-order valence-corrected chi connectivity index (χ4v) is 2.33. The molecular formula is C11H14ClNO3S. The Hall–Kier alpha value is -1.07. The van der Waals surface area contributed by atoms with Crippen LogP contribution >= 0.6 is 22.9 Å². The minimum atomic E-state index is -0.842. The first-order chi connectivity index (χ1) is 8.02. The number of nitrogens with one attached hydrogen (secondary N) is 1. The molecule has 1 amide bonds. The smallest absolute Gasteiger partial charge is 0.303 e. The molecule has 1 atom stereocenters. The SMILES string of the molecule is CCC(CNC(=O)c1ccc(Cl)s1)CC(=O)O. The molecule has 0 spiro atoms. The molecule has 17 heavy (non-hydrogen) atoms. The zero-order chi connectivity index (χ0) is 12.8. The number of amides is 1. The molecule has 4 nitrogen and oxygen atoms in total. The molecule has 1 rings (SSSR count). The van der Waals surface area contributed by atoms with Gasteiger partial charge in [0, 0.05) is 13.0 Å². The predicted octanol–water partition coefficient (Wildman–Crippen LogP) is 2.63. The molecule has 0 aromatic carbocycles. The maximum atomic E-state index is 11.7. The molecular weight excluding hydrogens is 262 g/mol. The Balaban J connectivity index is 2.44. The van der Waals surface area contributed by atoms with E-state index >= 15 is 0 Å². The second-order valence-corrected chi connectivity index (χ2v) is 5.40. The average Bonchev–Trinajstić information content (AvgIpc) is 2.70. The van der Waals surface area contributed by atoms with Gasteiger partial charge in [-0.1, -0.05) is 24.9 Å². The van der Waals surface area contributed by atoms with Crippen LogP contribution in [0.15, 0.2) is 12.1 Å². The summed E-state index contributed by atoms with van der Waals surface area (Å²) in [4.78, 5) is 22.8. The molecule has 0 aliphatic rings. The van der Waals surface area contributed by atoms with Crippen molar-refractivity contribution < 1.29 is 14.7 Å². The van der Waals surface area contributed by atoms with Crippen molar-refractivity contribution in [3.05, 3.63) is 21.3 Å². The number of carbonyl (C=O) groups excluding carboxylic acids is 1. The van der Waals surface area contributed by atoms with Crippen molar-refractivity contribution in [2.75, 3.05) is 6.54 Å². The largest absolute Gasteiger partial charge is 0.481 e. The fourth-order valence-electron chi connectivity index (χ4n) is 1.37. The van der Waals surface area contributed by atoms with E-state index in [-0.39, 0.29) is 18.2 Å². The highest BCUT2D eigenvalue weighted by Gasteiger charge is 2.14. The molecule has 0 radical (unpaired) electrons. The van der Waals surface area contributed by atoms with Crippen LogP contribution in [0, 0.1) is 5.92 Å². The molecule has 0 saturated carbocycles. The summed E-state index contributed by atoms with van der Waals surface area (Å²) < 4.78 is 0.563. The van der Waals surface area contributed by atoms with E-state index in [1.807, 2.05) is 6.92 Å². The molecule has 0 saturated heterocycles. The number of hydrogen-bond acceptors (Lipinski definition) is 3. The normalized spacial score (nSPS) is 12.1. The molecule has 0 aliphatic carbocycles. The highest BCUT2D eigenvalue weighted by atomic mass is 35.5. The van der Waals surface area contributed by atoms with Gasteiger partial charge in [-0.3, -0.25) is 9.59 Å². The molecule has 0 aliphatic heterocycles. The quantitative estimate of drug-likeness (QED) is 0.839. The number of carboxylic acids is 1. The molecule has 94 valence electrons. The van der Waals surface area contributed by atoms with Gasteiger partial charge in [0.15, 0.2) is 0 Å². The molecule has 2 N–H and O–H groups in total. The van der Waals surface area contributed by atoms with Gasteiger partial charge in [-0.25, -0.2) is 0 Å². The third-order valence-corrected chi connectivity index (χ3v) is 3.62. The highest BCUT2D eigenvalue weighted by molar-refractivity contribution is 7.17. The number of rotatable bonds is 6. The van der Waals surface area contributed by atoms with E-state index in [2.05, 4.69) is 5.32 Å². The summed E-state index contributed by atoms with van der Waals surface area (Å²) in [5, 5.41) is 11.4. The maximum absolute atomic E-state index is 11.7. The number of carbonyl (C=O) groups is 2. The Morgan fingerprint density at radius 1 is 1.53 bits per heavy atom. The van der Waals surface area contributed by atoms with Gasteiger partial charge in [0.1, 0.15) is 0 Å². The predicted molar refractivity (Wildman–Crippen MR) is 67.7 cm³/mol. The Morgan fingerprint density at radius 2 is 2.24 bits per heavy atom. The second-order valence-electron chi connectivity index (χ2n) is 3.69. The summed E-state index contributed by atoms with van der Waals surface area (Å²) in [6.45, 7) is 2.28. The number of carboxylic acid groups (broad SMARTS) is 1. The molecule has 1 unspecified atom stereocenters. The van der Waals surface area contributed by atoms with Crippen molar-refractivity contribution in [1.29, 1.82) is 0 Å². The van der Waals surface area contributed by atoms with Crippen molar-refractivity contribution in [3.8, 4) is 0 Å². The lowest BCUT2D eigenvalue weighted by atomic mass is 10.0. The molecule has 1 aromatic heterocycles. The van der Waals surface area contributed by atoms with Crippen molar-refractivity contribution in [2.45, 2.75) is 19.8 Å². The summed E-state index contributed by atoms with van der Waals surface area (Å²) >= 11 is 6.93.